The van der Waals surface area contributed by atoms with E-state index in [0.29, 0.717) is 5.69 Å². The molecule has 9 nitrogen and oxygen atoms in total. The third kappa shape index (κ3) is 5.53. The van der Waals surface area contributed by atoms with Crippen molar-refractivity contribution >= 4 is 53.8 Å². The van der Waals surface area contributed by atoms with Gasteiger partial charge in [0.15, 0.2) is 0 Å². The van der Waals surface area contributed by atoms with Crippen LogP contribution in [-0.2, 0) is 10.0 Å². The van der Waals surface area contributed by atoms with E-state index < -0.39 is 10.0 Å². The molecule has 0 amide bonds. The molecule has 1 aliphatic heterocycles. The highest BCUT2D eigenvalue weighted by Gasteiger charge is 2.18. The Morgan fingerprint density at radius 1 is 1.03 bits per heavy atom. The summed E-state index contributed by atoms with van der Waals surface area (Å²) in [7, 11) is -3.36. The van der Waals surface area contributed by atoms with Gasteiger partial charge in [-0.15, -0.1) is 11.3 Å². The first-order valence-corrected chi connectivity index (χ1v) is 14.1. The molecule has 0 unspecified atom stereocenters. The maximum Gasteiger partial charge on any atom is 0.229 e. The summed E-state index contributed by atoms with van der Waals surface area (Å²) in [6.45, 7) is 7.25. The number of hydrogen-bond acceptors (Lipinski definition) is 9. The SMILES string of the molecule is CCN1CCN(c2cc(Nc3cc4ccnc(-c5cccc(NS(C)(=O)=O)c5)c4s3)ncn2)CC1. The van der Waals surface area contributed by atoms with Crippen molar-refractivity contribution in [1.82, 2.24) is 19.9 Å². The summed E-state index contributed by atoms with van der Waals surface area (Å²) < 4.78 is 26.8. The first-order chi connectivity index (χ1) is 16.9. The maximum absolute atomic E-state index is 11.6. The second kappa shape index (κ2) is 9.76. The predicted octanol–water partition coefficient (Wildman–Crippen LogP) is 4.01. The fourth-order valence-electron chi connectivity index (χ4n) is 4.18. The molecule has 1 aromatic carbocycles. The second-order valence-corrected chi connectivity index (χ2v) is 11.3. The number of nitrogens with zero attached hydrogens (tertiary/aromatic N) is 5. The highest BCUT2D eigenvalue weighted by Crippen LogP contribution is 2.37. The van der Waals surface area contributed by atoms with Crippen molar-refractivity contribution < 1.29 is 8.42 Å². The normalized spacial score (nSPS) is 14.9. The van der Waals surface area contributed by atoms with Crippen molar-refractivity contribution in [3.05, 3.63) is 55.0 Å². The molecule has 1 fully saturated rings. The van der Waals surface area contributed by atoms with Crippen molar-refractivity contribution in [2.75, 3.05) is 53.9 Å². The van der Waals surface area contributed by atoms with Crippen LogP contribution in [0.1, 0.15) is 6.92 Å². The van der Waals surface area contributed by atoms with Gasteiger partial charge in [-0.1, -0.05) is 19.1 Å². The minimum atomic E-state index is -3.36. The van der Waals surface area contributed by atoms with Crippen molar-refractivity contribution in [3.8, 4) is 11.3 Å². The minimum Gasteiger partial charge on any atom is -0.354 e. The number of aromatic nitrogens is 3. The lowest BCUT2D eigenvalue weighted by Crippen LogP contribution is -2.46. The van der Waals surface area contributed by atoms with E-state index in [9.17, 15) is 8.42 Å². The highest BCUT2D eigenvalue weighted by atomic mass is 32.2. The van der Waals surface area contributed by atoms with E-state index in [0.717, 1.165) is 77.0 Å². The van der Waals surface area contributed by atoms with E-state index in [2.05, 4.69) is 47.8 Å². The average Bonchev–Trinajstić information content (AvgIpc) is 3.26. The maximum atomic E-state index is 11.6. The van der Waals surface area contributed by atoms with Gasteiger partial charge in [-0.25, -0.2) is 18.4 Å². The summed E-state index contributed by atoms with van der Waals surface area (Å²) >= 11 is 1.58. The molecule has 4 aromatic rings. The van der Waals surface area contributed by atoms with Crippen LogP contribution in [0.5, 0.6) is 0 Å². The Hall–Kier alpha value is -3.28. The molecule has 5 rings (SSSR count). The van der Waals surface area contributed by atoms with Crippen LogP contribution in [0.2, 0.25) is 0 Å². The highest BCUT2D eigenvalue weighted by molar-refractivity contribution is 7.92. The molecule has 0 spiro atoms. The quantitative estimate of drug-likeness (QED) is 0.385. The summed E-state index contributed by atoms with van der Waals surface area (Å²) in [6.07, 6.45) is 4.51. The van der Waals surface area contributed by atoms with Gasteiger partial charge in [-0.2, -0.15) is 0 Å². The van der Waals surface area contributed by atoms with Crippen LogP contribution in [0.3, 0.4) is 0 Å². The lowest BCUT2D eigenvalue weighted by molar-refractivity contribution is 0.270. The molecule has 0 aliphatic carbocycles. The van der Waals surface area contributed by atoms with Gasteiger partial charge < -0.3 is 15.1 Å². The van der Waals surface area contributed by atoms with Crippen LogP contribution < -0.4 is 14.9 Å². The van der Waals surface area contributed by atoms with Gasteiger partial charge >= 0.3 is 0 Å². The summed E-state index contributed by atoms with van der Waals surface area (Å²) in [5.74, 6) is 1.67. The second-order valence-electron chi connectivity index (χ2n) is 8.45. The number of hydrogen-bond donors (Lipinski definition) is 2. The van der Waals surface area contributed by atoms with Gasteiger partial charge in [0.1, 0.15) is 18.0 Å². The molecule has 4 heterocycles. The molecule has 11 heteroatoms. The number of likely N-dealkylation sites (N-methyl/N-ethyl adjacent to an activating group) is 1. The standard InChI is InChI=1S/C24H27N7O2S2/c1-3-30-9-11-31(12-10-30)21-15-20(26-16-27-21)28-22-14-18-7-8-25-23(24(18)34-22)17-5-4-6-19(13-17)29-35(2,32)33/h4-8,13-16,29H,3,9-12H2,1-2H3,(H,26,27,28). The lowest BCUT2D eigenvalue weighted by Gasteiger charge is -2.34. The van der Waals surface area contributed by atoms with Gasteiger partial charge in [0.25, 0.3) is 0 Å². The monoisotopic (exact) mass is 509 g/mol. The first-order valence-electron chi connectivity index (χ1n) is 11.4. The number of sulfonamides is 1. The average molecular weight is 510 g/mol. The number of rotatable bonds is 7. The van der Waals surface area contributed by atoms with E-state index in [1.165, 1.54) is 0 Å². The number of benzene rings is 1. The topological polar surface area (TPSA) is 103 Å². The number of thiophene rings is 1. The summed E-state index contributed by atoms with van der Waals surface area (Å²) in [5, 5.41) is 5.42. The van der Waals surface area contributed by atoms with Crippen molar-refractivity contribution in [2.24, 2.45) is 0 Å². The van der Waals surface area contributed by atoms with E-state index in [1.807, 2.05) is 24.3 Å². The molecular weight excluding hydrogens is 482 g/mol. The van der Waals surface area contributed by atoms with Crippen molar-refractivity contribution in [2.45, 2.75) is 6.92 Å². The Morgan fingerprint density at radius 3 is 2.63 bits per heavy atom. The third-order valence-corrected chi connectivity index (χ3v) is 7.60. The van der Waals surface area contributed by atoms with Crippen LogP contribution in [0.25, 0.3) is 21.3 Å². The van der Waals surface area contributed by atoms with Crippen molar-refractivity contribution in [1.29, 1.82) is 0 Å². The number of pyridine rings is 1. The summed E-state index contributed by atoms with van der Waals surface area (Å²) in [4.78, 5) is 18.2. The fourth-order valence-corrected chi connectivity index (χ4v) is 5.81. The predicted molar refractivity (Wildman–Crippen MR) is 143 cm³/mol. The Balaban J connectivity index is 1.39. The molecule has 35 heavy (non-hydrogen) atoms. The summed E-state index contributed by atoms with van der Waals surface area (Å²) in [6, 6.07) is 13.3. The molecule has 182 valence electrons. The largest absolute Gasteiger partial charge is 0.354 e. The summed E-state index contributed by atoms with van der Waals surface area (Å²) in [5.41, 5.74) is 2.15. The lowest BCUT2D eigenvalue weighted by atomic mass is 10.1. The van der Waals surface area contributed by atoms with Crippen LogP contribution in [0, 0.1) is 0 Å². The van der Waals surface area contributed by atoms with Crippen LogP contribution in [0.15, 0.2) is 55.0 Å². The van der Waals surface area contributed by atoms with Crippen LogP contribution in [0.4, 0.5) is 22.3 Å². The van der Waals surface area contributed by atoms with Crippen LogP contribution >= 0.6 is 11.3 Å². The Kier molecular flexibility index (Phi) is 6.54. The number of anilines is 4. The fraction of sp³-hybridized carbons (Fsp3) is 0.292. The molecule has 0 bridgehead atoms. The molecule has 1 aliphatic rings. The molecule has 0 saturated carbocycles. The zero-order chi connectivity index (χ0) is 24.4. The molecule has 0 atom stereocenters. The van der Waals surface area contributed by atoms with Gasteiger partial charge in [-0.3, -0.25) is 9.71 Å². The Bertz CT molecular complexity index is 1450. The Labute approximate surface area is 208 Å². The molecule has 1 saturated heterocycles. The smallest absolute Gasteiger partial charge is 0.229 e. The zero-order valence-electron chi connectivity index (χ0n) is 19.6. The van der Waals surface area contributed by atoms with Gasteiger partial charge in [0, 0.05) is 49.7 Å². The number of nitrogens with one attached hydrogen (secondary N) is 2. The Morgan fingerprint density at radius 2 is 1.86 bits per heavy atom. The van der Waals surface area contributed by atoms with Crippen LogP contribution in [-0.4, -0.2) is 67.2 Å². The number of fused-ring (bicyclic) bond motifs is 1. The molecule has 2 N–H and O–H groups in total. The van der Waals surface area contributed by atoms with Gasteiger partial charge in [0.05, 0.1) is 21.7 Å². The van der Waals surface area contributed by atoms with E-state index in [-0.39, 0.29) is 0 Å². The van der Waals surface area contributed by atoms with Gasteiger partial charge in [0.2, 0.25) is 10.0 Å². The van der Waals surface area contributed by atoms with Gasteiger partial charge in [-0.05, 0) is 36.2 Å². The van der Waals surface area contributed by atoms with E-state index in [4.69, 9.17) is 0 Å². The molecular formula is C24H27N7O2S2. The molecule has 3 aromatic heterocycles. The first kappa shape index (κ1) is 23.5. The number of piperazine rings is 1. The minimum absolute atomic E-state index is 0.506. The third-order valence-electron chi connectivity index (χ3n) is 5.92. The zero-order valence-corrected chi connectivity index (χ0v) is 21.2. The molecule has 0 radical (unpaired) electrons. The van der Waals surface area contributed by atoms with Crippen molar-refractivity contribution in [3.63, 3.8) is 0 Å². The van der Waals surface area contributed by atoms with E-state index >= 15 is 0 Å². The van der Waals surface area contributed by atoms with E-state index in [1.54, 1.807) is 36.0 Å².